The summed E-state index contributed by atoms with van der Waals surface area (Å²) in [5.41, 5.74) is 0.353. The molecule has 144 valence electrons. The maximum atomic E-state index is 12.3. The largest absolute Gasteiger partial charge is 0.414 e. The number of nitro benzene ring substituents is 1. The van der Waals surface area contributed by atoms with Crippen molar-refractivity contribution in [3.05, 3.63) is 45.3 Å². The highest BCUT2D eigenvalue weighted by Crippen LogP contribution is 2.21. The Hall–Kier alpha value is -2.95. The minimum atomic E-state index is -0.537. The maximum Gasteiger partial charge on any atom is 0.277 e. The van der Waals surface area contributed by atoms with E-state index in [4.69, 9.17) is 4.42 Å². The van der Waals surface area contributed by atoms with E-state index in [0.29, 0.717) is 6.54 Å². The van der Waals surface area contributed by atoms with E-state index in [1.165, 1.54) is 25.1 Å². The summed E-state index contributed by atoms with van der Waals surface area (Å²) in [5.74, 6) is -0.289. The lowest BCUT2D eigenvalue weighted by Gasteiger charge is -2.06. The van der Waals surface area contributed by atoms with Crippen molar-refractivity contribution in [1.82, 2.24) is 20.8 Å². The van der Waals surface area contributed by atoms with Crippen LogP contribution in [0.1, 0.15) is 35.2 Å². The molecule has 0 fully saturated rings. The third-order valence-electron chi connectivity index (χ3n) is 3.49. The van der Waals surface area contributed by atoms with E-state index >= 15 is 0 Å². The third kappa shape index (κ3) is 5.78. The van der Waals surface area contributed by atoms with Crippen LogP contribution in [-0.2, 0) is 11.3 Å². The first-order valence-electron chi connectivity index (χ1n) is 8.16. The Morgan fingerprint density at radius 2 is 2.07 bits per heavy atom. The van der Waals surface area contributed by atoms with Crippen LogP contribution >= 0.6 is 11.8 Å². The smallest absolute Gasteiger partial charge is 0.277 e. The molecule has 1 aromatic heterocycles. The van der Waals surface area contributed by atoms with E-state index in [1.54, 1.807) is 0 Å². The van der Waals surface area contributed by atoms with Crippen molar-refractivity contribution in [3.8, 4) is 0 Å². The minimum absolute atomic E-state index is 0.0312. The van der Waals surface area contributed by atoms with E-state index < -0.39 is 10.8 Å². The number of nitro groups is 1. The van der Waals surface area contributed by atoms with Gasteiger partial charge < -0.3 is 15.1 Å². The molecule has 0 unspecified atom stereocenters. The van der Waals surface area contributed by atoms with Gasteiger partial charge in [0.15, 0.2) is 0 Å². The molecule has 2 amide bonds. The number of aromatic nitrogens is 2. The molecule has 0 saturated carbocycles. The molecule has 2 rings (SSSR count). The summed E-state index contributed by atoms with van der Waals surface area (Å²) >= 11 is 1.10. The summed E-state index contributed by atoms with van der Waals surface area (Å²) in [7, 11) is 0. The standard InChI is InChI=1S/C16H19N5O5S/c1-3-7-17-13(22)9-27-16-20-19-14(26-16)8-18-15(23)11-5-4-6-12(10(11)2)21(24)25/h4-6H,3,7-9H2,1-2H3,(H,17,22)(H,18,23). The number of thioether (sulfide) groups is 1. The number of benzene rings is 1. The van der Waals surface area contributed by atoms with Gasteiger partial charge in [-0.1, -0.05) is 24.8 Å². The van der Waals surface area contributed by atoms with Crippen molar-refractivity contribution >= 4 is 29.3 Å². The van der Waals surface area contributed by atoms with Crippen LogP contribution in [0.4, 0.5) is 5.69 Å². The van der Waals surface area contributed by atoms with Gasteiger partial charge in [0.2, 0.25) is 11.8 Å². The fraction of sp³-hybridized carbons (Fsp3) is 0.375. The second-order valence-corrected chi connectivity index (χ2v) is 6.42. The summed E-state index contributed by atoms with van der Waals surface area (Å²) in [5, 5.41) is 24.1. The Labute approximate surface area is 159 Å². The van der Waals surface area contributed by atoms with Crippen LogP contribution in [0.15, 0.2) is 27.8 Å². The van der Waals surface area contributed by atoms with E-state index in [2.05, 4.69) is 20.8 Å². The second kappa shape index (κ2) is 9.67. The number of amides is 2. The van der Waals surface area contributed by atoms with Gasteiger partial charge in [0.1, 0.15) is 0 Å². The summed E-state index contributed by atoms with van der Waals surface area (Å²) < 4.78 is 5.35. The molecule has 2 N–H and O–H groups in total. The highest BCUT2D eigenvalue weighted by molar-refractivity contribution is 7.99. The lowest BCUT2D eigenvalue weighted by molar-refractivity contribution is -0.385. The molecule has 0 aliphatic rings. The molecule has 0 aliphatic heterocycles. The first kappa shape index (κ1) is 20.4. The Bertz CT molecular complexity index is 838. The number of carbonyl (C=O) groups is 2. The number of carbonyl (C=O) groups excluding carboxylic acids is 2. The SMILES string of the molecule is CCCNC(=O)CSc1nnc(CNC(=O)c2cccc([N+](=O)[O-])c2C)o1. The van der Waals surface area contributed by atoms with Crippen LogP contribution in [-0.4, -0.2) is 39.2 Å². The number of hydrogen-bond acceptors (Lipinski definition) is 8. The number of nitrogens with one attached hydrogen (secondary N) is 2. The third-order valence-corrected chi connectivity index (χ3v) is 4.31. The molecule has 1 heterocycles. The van der Waals surface area contributed by atoms with E-state index in [-0.39, 0.29) is 46.1 Å². The van der Waals surface area contributed by atoms with Crippen LogP contribution in [0.3, 0.4) is 0 Å². The highest BCUT2D eigenvalue weighted by Gasteiger charge is 2.18. The number of hydrogen-bond donors (Lipinski definition) is 2. The van der Waals surface area contributed by atoms with Gasteiger partial charge in [0.25, 0.3) is 16.8 Å². The lowest BCUT2D eigenvalue weighted by atomic mass is 10.1. The average Bonchev–Trinajstić information content (AvgIpc) is 3.10. The molecule has 2 aromatic rings. The fourth-order valence-corrected chi connectivity index (χ4v) is 2.74. The first-order chi connectivity index (χ1) is 12.9. The van der Waals surface area contributed by atoms with Crippen molar-refractivity contribution < 1.29 is 18.9 Å². The summed E-state index contributed by atoms with van der Waals surface area (Å²) in [6, 6.07) is 4.29. The first-order valence-corrected chi connectivity index (χ1v) is 9.15. The number of nitrogens with zero attached hydrogens (tertiary/aromatic N) is 3. The van der Waals surface area contributed by atoms with Crippen molar-refractivity contribution in [3.63, 3.8) is 0 Å². The molecule has 0 bridgehead atoms. The molecule has 0 saturated heterocycles. The van der Waals surface area contributed by atoms with Gasteiger partial charge in [-0.2, -0.15) is 0 Å². The van der Waals surface area contributed by atoms with Crippen molar-refractivity contribution in [2.75, 3.05) is 12.3 Å². The van der Waals surface area contributed by atoms with Crippen LogP contribution in [0.25, 0.3) is 0 Å². The zero-order valence-electron chi connectivity index (χ0n) is 14.9. The zero-order chi connectivity index (χ0) is 19.8. The van der Waals surface area contributed by atoms with Crippen LogP contribution < -0.4 is 10.6 Å². The van der Waals surface area contributed by atoms with Crippen LogP contribution in [0.5, 0.6) is 0 Å². The van der Waals surface area contributed by atoms with Gasteiger partial charge in [0, 0.05) is 23.7 Å². The molecule has 11 heteroatoms. The van der Waals surface area contributed by atoms with Gasteiger partial charge in [-0.15, -0.1) is 10.2 Å². The second-order valence-electron chi connectivity index (χ2n) is 5.49. The zero-order valence-corrected chi connectivity index (χ0v) is 15.7. The van der Waals surface area contributed by atoms with Gasteiger partial charge in [-0.05, 0) is 19.4 Å². The molecular weight excluding hydrogens is 374 g/mol. The molecule has 0 radical (unpaired) electrons. The normalized spacial score (nSPS) is 10.4. The molecule has 0 spiro atoms. The Kier molecular flexibility index (Phi) is 7.29. The van der Waals surface area contributed by atoms with Crippen molar-refractivity contribution in [2.24, 2.45) is 0 Å². The number of rotatable bonds is 9. The topological polar surface area (TPSA) is 140 Å². The Morgan fingerprint density at radius 1 is 1.30 bits per heavy atom. The predicted molar refractivity (Wildman–Crippen MR) is 97.3 cm³/mol. The molecule has 0 atom stereocenters. The average molecular weight is 393 g/mol. The van der Waals surface area contributed by atoms with Crippen LogP contribution in [0.2, 0.25) is 0 Å². The molecule has 27 heavy (non-hydrogen) atoms. The van der Waals surface area contributed by atoms with E-state index in [0.717, 1.165) is 18.2 Å². The van der Waals surface area contributed by atoms with Gasteiger partial charge in [-0.25, -0.2) is 0 Å². The maximum absolute atomic E-state index is 12.3. The van der Waals surface area contributed by atoms with Gasteiger partial charge in [-0.3, -0.25) is 19.7 Å². The molecule has 10 nitrogen and oxygen atoms in total. The summed E-state index contributed by atoms with van der Waals surface area (Å²) in [6.07, 6.45) is 0.852. The summed E-state index contributed by atoms with van der Waals surface area (Å²) in [6.45, 7) is 4.05. The molecule has 0 aliphatic carbocycles. The minimum Gasteiger partial charge on any atom is -0.414 e. The lowest BCUT2D eigenvalue weighted by Crippen LogP contribution is -2.25. The van der Waals surface area contributed by atoms with Crippen molar-refractivity contribution in [2.45, 2.75) is 32.0 Å². The quantitative estimate of drug-likeness (QED) is 0.373. The summed E-state index contributed by atoms with van der Waals surface area (Å²) in [4.78, 5) is 34.2. The molecule has 1 aromatic carbocycles. The highest BCUT2D eigenvalue weighted by atomic mass is 32.2. The molecular formula is C16H19N5O5S. The predicted octanol–water partition coefficient (Wildman–Crippen LogP) is 1.83. The van der Waals surface area contributed by atoms with Gasteiger partial charge in [0.05, 0.1) is 17.2 Å². The van der Waals surface area contributed by atoms with Crippen LogP contribution in [0, 0.1) is 17.0 Å². The Balaban J connectivity index is 1.89. The monoisotopic (exact) mass is 393 g/mol. The fourth-order valence-electron chi connectivity index (χ4n) is 2.13. The van der Waals surface area contributed by atoms with E-state index in [9.17, 15) is 19.7 Å². The van der Waals surface area contributed by atoms with Gasteiger partial charge >= 0.3 is 0 Å². The Morgan fingerprint density at radius 3 is 2.78 bits per heavy atom. The van der Waals surface area contributed by atoms with E-state index in [1.807, 2.05) is 6.92 Å². The van der Waals surface area contributed by atoms with Crippen molar-refractivity contribution in [1.29, 1.82) is 0 Å².